The first-order chi connectivity index (χ1) is 9.20. The Morgan fingerprint density at radius 3 is 2.95 bits per heavy atom. The van der Waals surface area contributed by atoms with Crippen LogP contribution in [0.25, 0.3) is 11.1 Å². The molecule has 3 aromatic rings. The quantitative estimate of drug-likeness (QED) is 0.584. The second-order valence-electron chi connectivity index (χ2n) is 4.27. The van der Waals surface area contributed by atoms with Gasteiger partial charge in [0.2, 0.25) is 0 Å². The van der Waals surface area contributed by atoms with Gasteiger partial charge in [-0.2, -0.15) is 0 Å². The maximum absolute atomic E-state index is 5.71. The summed E-state index contributed by atoms with van der Waals surface area (Å²) in [5.74, 6) is 0.740. The zero-order valence-electron chi connectivity index (χ0n) is 10.5. The SMILES string of the molecule is Cc1cccc(CSc2nc3ccc(N)cc3o2)n1. The Morgan fingerprint density at radius 1 is 1.21 bits per heavy atom. The van der Waals surface area contributed by atoms with Crippen molar-refractivity contribution < 1.29 is 4.42 Å². The molecular formula is C14H13N3OS. The molecule has 0 aliphatic carbocycles. The van der Waals surface area contributed by atoms with Crippen LogP contribution in [0.3, 0.4) is 0 Å². The number of nitrogens with two attached hydrogens (primary N) is 1. The molecule has 0 aliphatic rings. The lowest BCUT2D eigenvalue weighted by Gasteiger charge is -1.98. The van der Waals surface area contributed by atoms with Crippen molar-refractivity contribution in [3.05, 3.63) is 47.8 Å². The van der Waals surface area contributed by atoms with Crippen LogP contribution >= 0.6 is 11.8 Å². The molecule has 2 N–H and O–H groups in total. The standard InChI is InChI=1S/C14H13N3OS/c1-9-3-2-4-11(16-9)8-19-14-17-12-6-5-10(15)7-13(12)18-14/h2-7H,8,15H2,1H3. The van der Waals surface area contributed by atoms with E-state index in [1.807, 2.05) is 37.3 Å². The van der Waals surface area contributed by atoms with Crippen molar-refractivity contribution in [1.29, 1.82) is 0 Å². The summed E-state index contributed by atoms with van der Waals surface area (Å²) in [6, 6.07) is 11.5. The minimum atomic E-state index is 0.643. The number of aromatic nitrogens is 2. The number of benzene rings is 1. The van der Waals surface area contributed by atoms with E-state index >= 15 is 0 Å². The van der Waals surface area contributed by atoms with E-state index in [1.165, 1.54) is 11.8 Å². The van der Waals surface area contributed by atoms with E-state index in [1.54, 1.807) is 6.07 Å². The molecule has 0 saturated carbocycles. The maximum atomic E-state index is 5.71. The van der Waals surface area contributed by atoms with Gasteiger partial charge in [-0.25, -0.2) is 4.98 Å². The zero-order chi connectivity index (χ0) is 13.2. The van der Waals surface area contributed by atoms with Crippen molar-refractivity contribution in [2.24, 2.45) is 0 Å². The van der Waals surface area contributed by atoms with Crippen LogP contribution in [0, 0.1) is 6.92 Å². The lowest BCUT2D eigenvalue weighted by atomic mass is 10.3. The van der Waals surface area contributed by atoms with E-state index in [0.717, 1.165) is 28.2 Å². The Balaban J connectivity index is 1.78. The summed E-state index contributed by atoms with van der Waals surface area (Å²) in [5, 5.41) is 0.643. The van der Waals surface area contributed by atoms with Gasteiger partial charge in [-0.05, 0) is 31.2 Å². The molecule has 4 nitrogen and oxygen atoms in total. The number of nitrogens with zero attached hydrogens (tertiary/aromatic N) is 2. The summed E-state index contributed by atoms with van der Waals surface area (Å²) in [6.07, 6.45) is 0. The first-order valence-electron chi connectivity index (χ1n) is 5.92. The van der Waals surface area contributed by atoms with Gasteiger partial charge in [-0.1, -0.05) is 17.8 Å². The Labute approximate surface area is 115 Å². The van der Waals surface area contributed by atoms with Crippen molar-refractivity contribution in [3.8, 4) is 0 Å². The number of anilines is 1. The molecule has 0 atom stereocenters. The van der Waals surface area contributed by atoms with Crippen molar-refractivity contribution in [3.63, 3.8) is 0 Å². The highest BCUT2D eigenvalue weighted by atomic mass is 32.2. The van der Waals surface area contributed by atoms with Crippen molar-refractivity contribution in [2.75, 3.05) is 5.73 Å². The first-order valence-corrected chi connectivity index (χ1v) is 6.91. The molecule has 0 amide bonds. The van der Waals surface area contributed by atoms with Crippen LogP contribution in [0.15, 0.2) is 46.0 Å². The highest BCUT2D eigenvalue weighted by molar-refractivity contribution is 7.98. The minimum absolute atomic E-state index is 0.643. The second-order valence-corrected chi connectivity index (χ2v) is 5.19. The fourth-order valence-corrected chi connectivity index (χ4v) is 2.54. The summed E-state index contributed by atoms with van der Waals surface area (Å²) in [5.41, 5.74) is 9.98. The smallest absolute Gasteiger partial charge is 0.257 e. The molecule has 0 bridgehead atoms. The number of pyridine rings is 1. The van der Waals surface area contributed by atoms with Gasteiger partial charge in [0.1, 0.15) is 5.52 Å². The highest BCUT2D eigenvalue weighted by Gasteiger charge is 2.07. The Hall–Kier alpha value is -2.01. The third-order valence-corrected chi connectivity index (χ3v) is 3.54. The van der Waals surface area contributed by atoms with E-state index in [0.29, 0.717) is 10.9 Å². The number of nitrogen functional groups attached to an aromatic ring is 1. The number of oxazole rings is 1. The fourth-order valence-electron chi connectivity index (χ4n) is 1.80. The number of thioether (sulfide) groups is 1. The van der Waals surface area contributed by atoms with Crippen LogP contribution in [0.2, 0.25) is 0 Å². The average molecular weight is 271 g/mol. The van der Waals surface area contributed by atoms with Gasteiger partial charge in [0.05, 0.1) is 5.69 Å². The molecule has 1 aromatic carbocycles. The van der Waals surface area contributed by atoms with Crippen LogP contribution in [0.5, 0.6) is 0 Å². The molecule has 0 fully saturated rings. The molecular weight excluding hydrogens is 258 g/mol. The van der Waals surface area contributed by atoms with Crippen LogP contribution in [0.4, 0.5) is 5.69 Å². The van der Waals surface area contributed by atoms with Crippen LogP contribution in [0.1, 0.15) is 11.4 Å². The Kier molecular flexibility index (Phi) is 3.13. The monoisotopic (exact) mass is 271 g/mol. The van der Waals surface area contributed by atoms with E-state index in [2.05, 4.69) is 9.97 Å². The third-order valence-electron chi connectivity index (χ3n) is 2.68. The van der Waals surface area contributed by atoms with Crippen LogP contribution in [-0.4, -0.2) is 9.97 Å². The van der Waals surface area contributed by atoms with Crippen LogP contribution in [-0.2, 0) is 5.75 Å². The molecule has 96 valence electrons. The molecule has 0 radical (unpaired) electrons. The Morgan fingerprint density at radius 2 is 2.11 bits per heavy atom. The molecule has 3 rings (SSSR count). The van der Waals surface area contributed by atoms with Gasteiger partial charge in [0.15, 0.2) is 5.58 Å². The average Bonchev–Trinajstić information content (AvgIpc) is 2.78. The zero-order valence-corrected chi connectivity index (χ0v) is 11.3. The lowest BCUT2D eigenvalue weighted by molar-refractivity contribution is 0.489. The molecule has 2 heterocycles. The molecule has 2 aromatic heterocycles. The minimum Gasteiger partial charge on any atom is -0.431 e. The summed E-state index contributed by atoms with van der Waals surface area (Å²) >= 11 is 1.53. The number of hydrogen-bond acceptors (Lipinski definition) is 5. The van der Waals surface area contributed by atoms with Gasteiger partial charge in [0.25, 0.3) is 5.22 Å². The van der Waals surface area contributed by atoms with E-state index < -0.39 is 0 Å². The highest BCUT2D eigenvalue weighted by Crippen LogP contribution is 2.26. The van der Waals surface area contributed by atoms with Crippen LogP contribution < -0.4 is 5.73 Å². The number of hydrogen-bond donors (Lipinski definition) is 1. The molecule has 19 heavy (non-hydrogen) atoms. The first kappa shape index (κ1) is 12.0. The molecule has 0 aliphatic heterocycles. The third kappa shape index (κ3) is 2.71. The van der Waals surface area contributed by atoms with Gasteiger partial charge in [-0.15, -0.1) is 0 Å². The number of fused-ring (bicyclic) bond motifs is 1. The number of rotatable bonds is 3. The van der Waals surface area contributed by atoms with Gasteiger partial charge >= 0.3 is 0 Å². The predicted molar refractivity (Wildman–Crippen MR) is 77.0 cm³/mol. The molecule has 5 heteroatoms. The number of aryl methyl sites for hydroxylation is 1. The van der Waals surface area contributed by atoms with E-state index in [4.69, 9.17) is 10.2 Å². The summed E-state index contributed by atoms with van der Waals surface area (Å²) < 4.78 is 5.64. The molecule has 0 spiro atoms. The van der Waals surface area contributed by atoms with Crippen molar-refractivity contribution in [1.82, 2.24) is 9.97 Å². The summed E-state index contributed by atoms with van der Waals surface area (Å²) in [4.78, 5) is 8.85. The fraction of sp³-hybridized carbons (Fsp3) is 0.143. The summed E-state index contributed by atoms with van der Waals surface area (Å²) in [6.45, 7) is 1.98. The summed E-state index contributed by atoms with van der Waals surface area (Å²) in [7, 11) is 0. The molecule has 0 saturated heterocycles. The normalized spacial score (nSPS) is 11.0. The van der Waals surface area contributed by atoms with Gasteiger partial charge in [-0.3, -0.25) is 4.98 Å². The van der Waals surface area contributed by atoms with Gasteiger partial charge in [0, 0.05) is 23.2 Å². The maximum Gasteiger partial charge on any atom is 0.257 e. The van der Waals surface area contributed by atoms with E-state index in [9.17, 15) is 0 Å². The van der Waals surface area contributed by atoms with Crippen molar-refractivity contribution >= 4 is 28.5 Å². The van der Waals surface area contributed by atoms with E-state index in [-0.39, 0.29) is 0 Å². The molecule has 0 unspecified atom stereocenters. The topological polar surface area (TPSA) is 64.9 Å². The second kappa shape index (κ2) is 4.93. The Bertz CT molecular complexity index is 724. The lowest BCUT2D eigenvalue weighted by Crippen LogP contribution is -1.88. The van der Waals surface area contributed by atoms with Gasteiger partial charge < -0.3 is 10.2 Å². The largest absolute Gasteiger partial charge is 0.431 e. The van der Waals surface area contributed by atoms with Crippen molar-refractivity contribution in [2.45, 2.75) is 17.9 Å². The predicted octanol–water partition coefficient (Wildman–Crippen LogP) is 3.41.